The van der Waals surface area contributed by atoms with Crippen LogP contribution in [0.1, 0.15) is 23.8 Å². The number of likely N-dealkylation sites (tertiary alicyclic amines) is 1. The minimum absolute atomic E-state index is 0.188. The first-order valence-electron chi connectivity index (χ1n) is 5.62. The van der Waals surface area contributed by atoms with Gasteiger partial charge in [0.05, 0.1) is 10.6 Å². The predicted molar refractivity (Wildman–Crippen MR) is 67.2 cm³/mol. The van der Waals surface area contributed by atoms with Crippen molar-refractivity contribution in [2.45, 2.75) is 18.9 Å². The number of amides is 1. The van der Waals surface area contributed by atoms with Crippen LogP contribution in [0.5, 0.6) is 0 Å². The van der Waals surface area contributed by atoms with Crippen molar-refractivity contribution >= 4 is 17.5 Å². The summed E-state index contributed by atoms with van der Waals surface area (Å²) in [7, 11) is 2.05. The number of rotatable bonds is 2. The van der Waals surface area contributed by atoms with Crippen LogP contribution >= 0.6 is 11.6 Å². The van der Waals surface area contributed by atoms with Gasteiger partial charge in [-0.05, 0) is 32.5 Å². The zero-order chi connectivity index (χ0) is 12.5. The summed E-state index contributed by atoms with van der Waals surface area (Å²) in [5.41, 5.74) is 0.108. The molecule has 2 heterocycles. The van der Waals surface area contributed by atoms with Crippen molar-refractivity contribution in [2.24, 2.45) is 0 Å². The van der Waals surface area contributed by atoms with Crippen molar-refractivity contribution in [3.63, 3.8) is 0 Å². The highest BCUT2D eigenvalue weighted by Gasteiger charge is 2.34. The number of halogens is 1. The lowest BCUT2D eigenvalue weighted by molar-refractivity contribution is 0.0904. The lowest BCUT2D eigenvalue weighted by Gasteiger charge is -2.25. The van der Waals surface area contributed by atoms with Crippen molar-refractivity contribution in [1.82, 2.24) is 15.2 Å². The molecule has 0 bridgehead atoms. The van der Waals surface area contributed by atoms with Crippen LogP contribution in [-0.4, -0.2) is 41.5 Å². The van der Waals surface area contributed by atoms with Crippen LogP contribution in [0.3, 0.4) is 0 Å². The SMILES string of the molecule is CN1CCC(C)(NC(=O)c2ncccc2Cl)C1. The predicted octanol–water partition coefficient (Wildman–Crippen LogP) is 1.56. The van der Waals surface area contributed by atoms with Crippen molar-refractivity contribution in [3.05, 3.63) is 29.0 Å². The summed E-state index contributed by atoms with van der Waals surface area (Å²) in [6, 6.07) is 3.39. The summed E-state index contributed by atoms with van der Waals surface area (Å²) >= 11 is 5.94. The van der Waals surface area contributed by atoms with Crippen molar-refractivity contribution in [2.75, 3.05) is 20.1 Å². The molecule has 0 saturated carbocycles. The van der Waals surface area contributed by atoms with E-state index in [9.17, 15) is 4.79 Å². The standard InChI is InChI=1S/C12H16ClN3O/c1-12(5-7-16(2)8-12)15-11(17)10-9(13)4-3-6-14-10/h3-4,6H,5,7-8H2,1-2H3,(H,15,17). The minimum atomic E-state index is -0.201. The molecular weight excluding hydrogens is 238 g/mol. The number of pyridine rings is 1. The van der Waals surface area contributed by atoms with E-state index in [-0.39, 0.29) is 11.4 Å². The number of nitrogens with one attached hydrogen (secondary N) is 1. The molecule has 1 aliphatic rings. The Morgan fingerprint density at radius 2 is 2.41 bits per heavy atom. The largest absolute Gasteiger partial charge is 0.344 e. The highest BCUT2D eigenvalue weighted by atomic mass is 35.5. The second-order valence-electron chi connectivity index (χ2n) is 4.84. The number of aromatic nitrogens is 1. The lowest BCUT2D eigenvalue weighted by Crippen LogP contribution is -2.47. The average Bonchev–Trinajstić information content (AvgIpc) is 2.58. The van der Waals surface area contributed by atoms with Gasteiger partial charge < -0.3 is 10.2 Å². The zero-order valence-corrected chi connectivity index (χ0v) is 10.8. The number of hydrogen-bond donors (Lipinski definition) is 1. The molecule has 17 heavy (non-hydrogen) atoms. The number of nitrogens with zero attached hydrogens (tertiary/aromatic N) is 2. The Bertz CT molecular complexity index is 438. The number of hydrogen-bond acceptors (Lipinski definition) is 3. The van der Waals surface area contributed by atoms with Gasteiger partial charge in [0.1, 0.15) is 5.69 Å². The van der Waals surface area contributed by atoms with Gasteiger partial charge in [-0.15, -0.1) is 0 Å². The second-order valence-corrected chi connectivity index (χ2v) is 5.24. The van der Waals surface area contributed by atoms with Crippen molar-refractivity contribution in [1.29, 1.82) is 0 Å². The molecule has 4 nitrogen and oxygen atoms in total. The summed E-state index contributed by atoms with van der Waals surface area (Å²) in [5.74, 6) is -0.201. The van der Waals surface area contributed by atoms with E-state index in [1.165, 1.54) is 0 Å². The van der Waals surface area contributed by atoms with Gasteiger partial charge in [-0.1, -0.05) is 11.6 Å². The smallest absolute Gasteiger partial charge is 0.271 e. The monoisotopic (exact) mass is 253 g/mol. The highest BCUT2D eigenvalue weighted by Crippen LogP contribution is 2.20. The molecule has 5 heteroatoms. The van der Waals surface area contributed by atoms with Crippen molar-refractivity contribution in [3.8, 4) is 0 Å². The normalized spacial score (nSPS) is 24.9. The molecule has 0 aromatic carbocycles. The molecule has 1 saturated heterocycles. The molecule has 1 unspecified atom stereocenters. The van der Waals surface area contributed by atoms with Gasteiger partial charge in [0, 0.05) is 19.3 Å². The fourth-order valence-electron chi connectivity index (χ4n) is 2.18. The van der Waals surface area contributed by atoms with Crippen LogP contribution in [0.25, 0.3) is 0 Å². The molecule has 0 radical (unpaired) electrons. The van der Waals surface area contributed by atoms with Crippen LogP contribution in [0.4, 0.5) is 0 Å². The van der Waals surface area contributed by atoms with E-state index in [0.29, 0.717) is 10.7 Å². The zero-order valence-electron chi connectivity index (χ0n) is 10.0. The molecule has 1 fully saturated rings. The summed E-state index contributed by atoms with van der Waals surface area (Å²) in [4.78, 5) is 18.3. The van der Waals surface area contributed by atoms with E-state index in [2.05, 4.69) is 15.2 Å². The molecule has 0 aliphatic carbocycles. The number of carbonyl (C=O) groups excluding carboxylic acids is 1. The summed E-state index contributed by atoms with van der Waals surface area (Å²) in [6.07, 6.45) is 2.52. The molecule has 0 spiro atoms. The van der Waals surface area contributed by atoms with Crippen LogP contribution in [0, 0.1) is 0 Å². The lowest BCUT2D eigenvalue weighted by atomic mass is 10.0. The van der Waals surface area contributed by atoms with E-state index in [1.54, 1.807) is 18.3 Å². The van der Waals surface area contributed by atoms with Crippen LogP contribution in [0.15, 0.2) is 18.3 Å². The van der Waals surface area contributed by atoms with Gasteiger partial charge in [0.15, 0.2) is 0 Å². The Balaban J connectivity index is 2.10. The maximum Gasteiger partial charge on any atom is 0.271 e. The van der Waals surface area contributed by atoms with Gasteiger partial charge in [-0.25, -0.2) is 4.98 Å². The van der Waals surface area contributed by atoms with Gasteiger partial charge in [-0.3, -0.25) is 4.79 Å². The molecule has 92 valence electrons. The molecule has 1 aromatic rings. The summed E-state index contributed by atoms with van der Waals surface area (Å²) in [5, 5.41) is 3.40. The van der Waals surface area contributed by atoms with Crippen molar-refractivity contribution < 1.29 is 4.79 Å². The highest BCUT2D eigenvalue weighted by molar-refractivity contribution is 6.33. The maximum atomic E-state index is 12.1. The Labute approximate surface area is 106 Å². The average molecular weight is 254 g/mol. The number of carbonyl (C=O) groups is 1. The van der Waals surface area contributed by atoms with E-state index in [4.69, 9.17) is 11.6 Å². The third-order valence-electron chi connectivity index (χ3n) is 3.05. The molecule has 1 N–H and O–H groups in total. The second kappa shape index (κ2) is 4.63. The fraction of sp³-hybridized carbons (Fsp3) is 0.500. The topological polar surface area (TPSA) is 45.2 Å². The first kappa shape index (κ1) is 12.3. The summed E-state index contributed by atoms with van der Waals surface area (Å²) < 4.78 is 0. The maximum absolute atomic E-state index is 12.1. The van der Waals surface area contributed by atoms with Crippen LogP contribution in [0.2, 0.25) is 5.02 Å². The Kier molecular flexibility index (Phi) is 3.35. The number of likely N-dealkylation sites (N-methyl/N-ethyl adjacent to an activating group) is 1. The van der Waals surface area contributed by atoms with E-state index in [0.717, 1.165) is 19.5 Å². The molecular formula is C12H16ClN3O. The van der Waals surface area contributed by atoms with Gasteiger partial charge in [-0.2, -0.15) is 0 Å². The minimum Gasteiger partial charge on any atom is -0.344 e. The third-order valence-corrected chi connectivity index (χ3v) is 3.36. The quantitative estimate of drug-likeness (QED) is 0.870. The first-order chi connectivity index (χ1) is 8.00. The first-order valence-corrected chi connectivity index (χ1v) is 5.99. The fourth-order valence-corrected chi connectivity index (χ4v) is 2.39. The van der Waals surface area contributed by atoms with E-state index >= 15 is 0 Å². The van der Waals surface area contributed by atoms with Crippen LogP contribution in [-0.2, 0) is 0 Å². The summed E-state index contributed by atoms with van der Waals surface area (Å²) in [6.45, 7) is 3.89. The molecule has 1 aliphatic heterocycles. The molecule has 1 aromatic heterocycles. The van der Waals surface area contributed by atoms with Gasteiger partial charge >= 0.3 is 0 Å². The van der Waals surface area contributed by atoms with Gasteiger partial charge in [0.2, 0.25) is 0 Å². The Morgan fingerprint density at radius 3 is 3.00 bits per heavy atom. The van der Waals surface area contributed by atoms with E-state index < -0.39 is 0 Å². The molecule has 2 rings (SSSR count). The Morgan fingerprint density at radius 1 is 1.65 bits per heavy atom. The molecule has 1 amide bonds. The van der Waals surface area contributed by atoms with Crippen LogP contribution < -0.4 is 5.32 Å². The van der Waals surface area contributed by atoms with Gasteiger partial charge in [0.25, 0.3) is 5.91 Å². The molecule has 1 atom stereocenters. The Hall–Kier alpha value is -1.13. The third kappa shape index (κ3) is 2.76. The van der Waals surface area contributed by atoms with E-state index in [1.807, 2.05) is 14.0 Å².